The van der Waals surface area contributed by atoms with Crippen molar-refractivity contribution in [3.63, 3.8) is 0 Å². The van der Waals surface area contributed by atoms with E-state index in [1.54, 1.807) is 11.3 Å². The summed E-state index contributed by atoms with van der Waals surface area (Å²) in [5.41, 5.74) is 0. The molecule has 0 spiro atoms. The van der Waals surface area contributed by atoms with E-state index < -0.39 is 0 Å². The Morgan fingerprint density at radius 3 is 2.84 bits per heavy atom. The van der Waals surface area contributed by atoms with Gasteiger partial charge in [0.05, 0.1) is 10.9 Å². The Bertz CT molecular complexity index is 562. The summed E-state index contributed by atoms with van der Waals surface area (Å²) in [4.78, 5) is 1.26. The molecule has 1 aliphatic rings. The third-order valence-corrected chi connectivity index (χ3v) is 5.17. The summed E-state index contributed by atoms with van der Waals surface area (Å²) in [6.07, 6.45) is 1.27. The fourth-order valence-corrected chi connectivity index (χ4v) is 3.41. The average Bonchev–Trinajstić information content (AvgIpc) is 2.84. The molecule has 1 aliphatic carbocycles. The molecule has 102 valence electrons. The lowest BCUT2D eigenvalue weighted by molar-refractivity contribution is 0.431. The summed E-state index contributed by atoms with van der Waals surface area (Å²) in [6.45, 7) is 5.18. The quantitative estimate of drug-likeness (QED) is 0.842. The SMILES string of the molecule is CC(NCc1ccc(C2CC2C)o1)c1ccc(Cl)s1. The molecule has 4 heteroatoms. The molecule has 0 aliphatic heterocycles. The van der Waals surface area contributed by atoms with Crippen LogP contribution in [0.15, 0.2) is 28.7 Å². The van der Waals surface area contributed by atoms with E-state index in [1.165, 1.54) is 11.3 Å². The van der Waals surface area contributed by atoms with Crippen molar-refractivity contribution in [2.75, 3.05) is 0 Å². The van der Waals surface area contributed by atoms with Crippen LogP contribution in [-0.2, 0) is 6.54 Å². The van der Waals surface area contributed by atoms with Crippen LogP contribution in [0.3, 0.4) is 0 Å². The largest absolute Gasteiger partial charge is 0.464 e. The van der Waals surface area contributed by atoms with E-state index in [1.807, 2.05) is 6.07 Å². The Balaban J connectivity index is 1.55. The maximum Gasteiger partial charge on any atom is 0.117 e. The second-order valence-electron chi connectivity index (χ2n) is 5.37. The molecule has 3 atom stereocenters. The molecular formula is C15H18ClNOS. The Morgan fingerprint density at radius 2 is 2.21 bits per heavy atom. The van der Waals surface area contributed by atoms with Crippen molar-refractivity contribution < 1.29 is 4.42 Å². The predicted molar refractivity (Wildman–Crippen MR) is 79.8 cm³/mol. The minimum atomic E-state index is 0.297. The van der Waals surface area contributed by atoms with Crippen LogP contribution >= 0.6 is 22.9 Å². The van der Waals surface area contributed by atoms with E-state index in [9.17, 15) is 0 Å². The summed E-state index contributed by atoms with van der Waals surface area (Å²) >= 11 is 7.58. The minimum Gasteiger partial charge on any atom is -0.464 e. The molecule has 1 saturated carbocycles. The zero-order chi connectivity index (χ0) is 13.4. The van der Waals surface area contributed by atoms with Gasteiger partial charge in [0.25, 0.3) is 0 Å². The fraction of sp³-hybridized carbons (Fsp3) is 0.467. The van der Waals surface area contributed by atoms with Gasteiger partial charge in [0.1, 0.15) is 11.5 Å². The summed E-state index contributed by atoms with van der Waals surface area (Å²) in [7, 11) is 0. The third kappa shape index (κ3) is 3.04. The van der Waals surface area contributed by atoms with E-state index in [-0.39, 0.29) is 0 Å². The van der Waals surface area contributed by atoms with E-state index in [0.29, 0.717) is 12.0 Å². The van der Waals surface area contributed by atoms with Crippen LogP contribution in [0.2, 0.25) is 4.34 Å². The minimum absolute atomic E-state index is 0.297. The van der Waals surface area contributed by atoms with Crippen molar-refractivity contribution >= 4 is 22.9 Å². The molecule has 2 heterocycles. The van der Waals surface area contributed by atoms with Crippen LogP contribution in [0.1, 0.15) is 48.6 Å². The van der Waals surface area contributed by atoms with Gasteiger partial charge in [-0.05, 0) is 43.5 Å². The van der Waals surface area contributed by atoms with Crippen LogP contribution in [-0.4, -0.2) is 0 Å². The molecule has 3 rings (SSSR count). The van der Waals surface area contributed by atoms with Gasteiger partial charge >= 0.3 is 0 Å². The molecule has 0 saturated heterocycles. The highest BCUT2D eigenvalue weighted by atomic mass is 35.5. The van der Waals surface area contributed by atoms with Gasteiger partial charge in [-0.2, -0.15) is 0 Å². The molecule has 2 aromatic heterocycles. The Morgan fingerprint density at radius 1 is 1.42 bits per heavy atom. The van der Waals surface area contributed by atoms with Crippen molar-refractivity contribution in [1.82, 2.24) is 5.32 Å². The summed E-state index contributed by atoms with van der Waals surface area (Å²) in [6, 6.07) is 8.52. The normalized spacial score (nSPS) is 23.5. The molecule has 2 aromatic rings. The number of nitrogens with one attached hydrogen (secondary N) is 1. The number of thiophene rings is 1. The van der Waals surface area contributed by atoms with Gasteiger partial charge in [0.2, 0.25) is 0 Å². The maximum absolute atomic E-state index is 5.95. The standard InChI is InChI=1S/C15H18ClNOS/c1-9-7-12(9)13-4-3-11(18-13)8-17-10(2)14-5-6-15(16)19-14/h3-6,9-10,12,17H,7-8H2,1-2H3. The van der Waals surface area contributed by atoms with Gasteiger partial charge in [-0.1, -0.05) is 18.5 Å². The van der Waals surface area contributed by atoms with Crippen molar-refractivity contribution in [3.8, 4) is 0 Å². The van der Waals surface area contributed by atoms with Crippen molar-refractivity contribution in [2.24, 2.45) is 5.92 Å². The number of rotatable bonds is 5. The van der Waals surface area contributed by atoms with Gasteiger partial charge in [-0.3, -0.25) is 0 Å². The molecule has 1 N–H and O–H groups in total. The summed E-state index contributed by atoms with van der Waals surface area (Å²) < 4.78 is 6.72. The zero-order valence-electron chi connectivity index (χ0n) is 11.2. The number of hydrogen-bond acceptors (Lipinski definition) is 3. The predicted octanol–water partition coefficient (Wildman–Crippen LogP) is 4.97. The third-order valence-electron chi connectivity index (χ3n) is 3.76. The van der Waals surface area contributed by atoms with Crippen LogP contribution in [0.4, 0.5) is 0 Å². The Hall–Kier alpha value is -0.770. The average molecular weight is 296 g/mol. The lowest BCUT2D eigenvalue weighted by Crippen LogP contribution is -2.16. The van der Waals surface area contributed by atoms with Crippen molar-refractivity contribution in [3.05, 3.63) is 45.0 Å². The summed E-state index contributed by atoms with van der Waals surface area (Å²) in [5.74, 6) is 3.61. The van der Waals surface area contributed by atoms with Gasteiger partial charge in [-0.25, -0.2) is 0 Å². The molecule has 1 fully saturated rings. The topological polar surface area (TPSA) is 25.2 Å². The molecule has 3 unspecified atom stereocenters. The van der Waals surface area contributed by atoms with E-state index >= 15 is 0 Å². The van der Waals surface area contributed by atoms with Crippen molar-refractivity contribution in [2.45, 2.75) is 38.8 Å². The molecule has 2 nitrogen and oxygen atoms in total. The molecular weight excluding hydrogens is 278 g/mol. The Labute approximate surface area is 122 Å². The molecule has 0 aromatic carbocycles. The first-order chi connectivity index (χ1) is 9.13. The van der Waals surface area contributed by atoms with E-state index in [2.05, 4.69) is 37.4 Å². The first-order valence-corrected chi connectivity index (χ1v) is 7.90. The number of furan rings is 1. The highest BCUT2D eigenvalue weighted by Crippen LogP contribution is 2.47. The van der Waals surface area contributed by atoms with Crippen LogP contribution in [0.5, 0.6) is 0 Å². The molecule has 19 heavy (non-hydrogen) atoms. The van der Waals surface area contributed by atoms with Gasteiger partial charge in [0, 0.05) is 16.8 Å². The second-order valence-corrected chi connectivity index (χ2v) is 7.11. The monoisotopic (exact) mass is 295 g/mol. The summed E-state index contributed by atoms with van der Waals surface area (Å²) in [5, 5.41) is 3.47. The van der Waals surface area contributed by atoms with Gasteiger partial charge < -0.3 is 9.73 Å². The number of hydrogen-bond donors (Lipinski definition) is 1. The molecule has 0 bridgehead atoms. The smallest absolute Gasteiger partial charge is 0.117 e. The van der Waals surface area contributed by atoms with Crippen LogP contribution < -0.4 is 5.32 Å². The van der Waals surface area contributed by atoms with Crippen molar-refractivity contribution in [1.29, 1.82) is 0 Å². The van der Waals surface area contributed by atoms with Gasteiger partial charge in [-0.15, -0.1) is 11.3 Å². The first-order valence-electron chi connectivity index (χ1n) is 6.70. The lowest BCUT2D eigenvalue weighted by atomic mass is 10.2. The van der Waals surface area contributed by atoms with Gasteiger partial charge in [0.15, 0.2) is 0 Å². The Kier molecular flexibility index (Phi) is 3.70. The molecule has 0 amide bonds. The van der Waals surface area contributed by atoms with E-state index in [0.717, 1.165) is 28.3 Å². The van der Waals surface area contributed by atoms with Crippen LogP contribution in [0.25, 0.3) is 0 Å². The van der Waals surface area contributed by atoms with Crippen LogP contribution in [0, 0.1) is 5.92 Å². The maximum atomic E-state index is 5.95. The second kappa shape index (κ2) is 5.31. The molecule has 0 radical (unpaired) electrons. The highest BCUT2D eigenvalue weighted by Gasteiger charge is 2.36. The number of halogens is 1. The fourth-order valence-electron chi connectivity index (χ4n) is 2.32. The lowest BCUT2D eigenvalue weighted by Gasteiger charge is -2.10. The zero-order valence-corrected chi connectivity index (χ0v) is 12.7. The first kappa shape index (κ1) is 13.2. The highest BCUT2D eigenvalue weighted by molar-refractivity contribution is 7.16. The van der Waals surface area contributed by atoms with E-state index in [4.69, 9.17) is 16.0 Å².